The normalized spacial score (nSPS) is 11.0. The largest absolute Gasteiger partial charge is 0.232 e. The van der Waals surface area contributed by atoms with Gasteiger partial charge in [-0.2, -0.15) is 0 Å². The molecule has 78 valence electrons. The van der Waals surface area contributed by atoms with Gasteiger partial charge in [0.2, 0.25) is 0 Å². The minimum Gasteiger partial charge on any atom is -0.232 e. The Morgan fingerprint density at radius 2 is 1.87 bits per heavy atom. The Balaban J connectivity index is 2.98. The van der Waals surface area contributed by atoms with Crippen molar-refractivity contribution < 1.29 is 0 Å². The average molecular weight is 353 g/mol. The van der Waals surface area contributed by atoms with Crippen molar-refractivity contribution in [1.29, 1.82) is 0 Å². The van der Waals surface area contributed by atoms with Gasteiger partial charge >= 0.3 is 0 Å². The number of nitrogens with zero attached hydrogens (tertiary/aromatic N) is 2. The zero-order chi connectivity index (χ0) is 11.2. The highest BCUT2D eigenvalue weighted by Crippen LogP contribution is 2.32. The highest BCUT2D eigenvalue weighted by Gasteiger charge is 2.11. The van der Waals surface area contributed by atoms with Crippen molar-refractivity contribution in [3.05, 3.63) is 31.2 Å². The molecule has 0 unspecified atom stereocenters. The minimum atomic E-state index is 0.612. The van der Waals surface area contributed by atoms with Crippen molar-refractivity contribution in [3.8, 4) is 0 Å². The van der Waals surface area contributed by atoms with Gasteiger partial charge in [0.15, 0.2) is 0 Å². The van der Waals surface area contributed by atoms with Crippen LogP contribution in [0.4, 0.5) is 0 Å². The molecule has 0 aliphatic rings. The van der Waals surface area contributed by atoms with Crippen LogP contribution in [0.2, 0.25) is 10.0 Å². The predicted molar refractivity (Wildman–Crippen MR) is 71.7 cm³/mol. The number of halogens is 3. The van der Waals surface area contributed by atoms with Crippen LogP contribution >= 0.6 is 45.8 Å². The molecule has 0 spiro atoms. The molecule has 0 saturated carbocycles. The fourth-order valence-electron chi connectivity index (χ4n) is 1.36. The number of aromatic nitrogens is 2. The Kier molecular flexibility index (Phi) is 3.05. The third kappa shape index (κ3) is 1.92. The Morgan fingerprint density at radius 3 is 2.53 bits per heavy atom. The molecular weight excluding hydrogens is 346 g/mol. The molecule has 0 N–H and O–H groups in total. The lowest BCUT2D eigenvalue weighted by atomic mass is 10.2. The predicted octanol–water partition coefficient (Wildman–Crippen LogP) is 4.16. The van der Waals surface area contributed by atoms with Crippen LogP contribution in [-0.4, -0.2) is 9.97 Å². The molecule has 1 aromatic heterocycles. The molecule has 1 heterocycles. The second-order valence-corrected chi connectivity index (χ2v) is 5.06. The highest BCUT2D eigenvalue weighted by molar-refractivity contribution is 14.1. The fraction of sp³-hybridized carbons (Fsp3) is 0.200. The van der Waals surface area contributed by atoms with Crippen molar-refractivity contribution in [3.63, 3.8) is 0 Å². The lowest BCUT2D eigenvalue weighted by Gasteiger charge is -2.07. The van der Waals surface area contributed by atoms with E-state index in [0.29, 0.717) is 10.0 Å². The molecule has 0 atom stereocenters. The topological polar surface area (TPSA) is 25.8 Å². The fourth-order valence-corrected chi connectivity index (χ4v) is 2.62. The Morgan fingerprint density at radius 1 is 1.20 bits per heavy atom. The van der Waals surface area contributed by atoms with Gasteiger partial charge in [-0.25, -0.2) is 9.97 Å². The zero-order valence-corrected chi connectivity index (χ0v) is 11.8. The summed E-state index contributed by atoms with van der Waals surface area (Å²) >= 11 is 14.4. The standard InChI is InChI=1S/C10H7Cl2IN2/c1-4-7(11)3-6-9(8(4)12)14-5(2)15-10(6)13/h3H,1-2H3. The molecule has 1 aromatic carbocycles. The van der Waals surface area contributed by atoms with E-state index in [2.05, 4.69) is 32.6 Å². The number of hydrogen-bond acceptors (Lipinski definition) is 2. The molecule has 0 aliphatic heterocycles. The van der Waals surface area contributed by atoms with E-state index >= 15 is 0 Å². The molecule has 0 saturated heterocycles. The van der Waals surface area contributed by atoms with Gasteiger partial charge in [-0.1, -0.05) is 23.2 Å². The van der Waals surface area contributed by atoms with Gasteiger partial charge in [-0.15, -0.1) is 0 Å². The molecular formula is C10H7Cl2IN2. The summed E-state index contributed by atoms with van der Waals surface area (Å²) < 4.78 is 0.874. The van der Waals surface area contributed by atoms with Gasteiger partial charge in [0, 0.05) is 10.4 Å². The van der Waals surface area contributed by atoms with E-state index in [-0.39, 0.29) is 0 Å². The molecule has 5 heteroatoms. The van der Waals surface area contributed by atoms with Gasteiger partial charge in [-0.05, 0) is 48.1 Å². The first-order valence-corrected chi connectivity index (χ1v) is 6.12. The summed E-state index contributed by atoms with van der Waals surface area (Å²) in [5, 5.41) is 2.17. The van der Waals surface area contributed by atoms with Crippen LogP contribution in [0.1, 0.15) is 11.4 Å². The van der Waals surface area contributed by atoms with E-state index < -0.39 is 0 Å². The van der Waals surface area contributed by atoms with Crippen molar-refractivity contribution >= 4 is 56.7 Å². The zero-order valence-electron chi connectivity index (χ0n) is 8.11. The number of aryl methyl sites for hydroxylation is 1. The molecule has 0 fully saturated rings. The first kappa shape index (κ1) is 11.4. The van der Waals surface area contributed by atoms with E-state index in [1.165, 1.54) is 0 Å². The van der Waals surface area contributed by atoms with Crippen LogP contribution in [0, 0.1) is 17.5 Å². The molecule has 2 rings (SSSR count). The maximum atomic E-state index is 6.20. The molecule has 0 amide bonds. The molecule has 0 radical (unpaired) electrons. The lowest BCUT2D eigenvalue weighted by molar-refractivity contribution is 1.07. The summed E-state index contributed by atoms with van der Waals surface area (Å²) in [6, 6.07) is 1.86. The second-order valence-electron chi connectivity index (χ2n) is 3.26. The summed E-state index contributed by atoms with van der Waals surface area (Å²) in [4.78, 5) is 8.60. The molecule has 0 aliphatic carbocycles. The van der Waals surface area contributed by atoms with Crippen LogP contribution in [-0.2, 0) is 0 Å². The van der Waals surface area contributed by atoms with Crippen LogP contribution in [0.15, 0.2) is 6.07 Å². The SMILES string of the molecule is Cc1nc(I)c2cc(Cl)c(C)c(Cl)c2n1. The van der Waals surface area contributed by atoms with Crippen LogP contribution in [0.3, 0.4) is 0 Å². The average Bonchev–Trinajstić information content (AvgIpc) is 2.17. The Labute approximate surface area is 111 Å². The van der Waals surface area contributed by atoms with E-state index in [9.17, 15) is 0 Å². The Bertz CT molecular complexity index is 555. The minimum absolute atomic E-state index is 0.612. The first-order valence-electron chi connectivity index (χ1n) is 4.29. The monoisotopic (exact) mass is 352 g/mol. The summed E-state index contributed by atoms with van der Waals surface area (Å²) in [7, 11) is 0. The molecule has 0 bridgehead atoms. The van der Waals surface area contributed by atoms with Gasteiger partial charge in [-0.3, -0.25) is 0 Å². The van der Waals surface area contributed by atoms with Crippen molar-refractivity contribution in [2.24, 2.45) is 0 Å². The summed E-state index contributed by atoms with van der Waals surface area (Å²) in [6.45, 7) is 3.73. The second kappa shape index (κ2) is 4.03. The number of fused-ring (bicyclic) bond motifs is 1. The maximum absolute atomic E-state index is 6.20. The number of rotatable bonds is 0. The van der Waals surface area contributed by atoms with Crippen LogP contribution in [0.25, 0.3) is 10.9 Å². The first-order chi connectivity index (χ1) is 7.00. The molecule has 15 heavy (non-hydrogen) atoms. The Hall–Kier alpha value is -0.130. The maximum Gasteiger partial charge on any atom is 0.127 e. The number of hydrogen-bond donors (Lipinski definition) is 0. The quantitative estimate of drug-likeness (QED) is 0.525. The van der Waals surface area contributed by atoms with Gasteiger partial charge in [0.1, 0.15) is 9.53 Å². The van der Waals surface area contributed by atoms with Gasteiger partial charge in [0.05, 0.1) is 10.5 Å². The van der Waals surface area contributed by atoms with Crippen molar-refractivity contribution in [1.82, 2.24) is 9.97 Å². The van der Waals surface area contributed by atoms with E-state index in [1.807, 2.05) is 19.9 Å². The van der Waals surface area contributed by atoms with Gasteiger partial charge < -0.3 is 0 Å². The summed E-state index contributed by atoms with van der Waals surface area (Å²) in [5.74, 6) is 0.718. The van der Waals surface area contributed by atoms with Crippen molar-refractivity contribution in [2.45, 2.75) is 13.8 Å². The number of benzene rings is 1. The third-order valence-corrected chi connectivity index (χ3v) is 3.85. The summed E-state index contributed by atoms with van der Waals surface area (Å²) in [6.07, 6.45) is 0. The van der Waals surface area contributed by atoms with Crippen LogP contribution in [0.5, 0.6) is 0 Å². The third-order valence-electron chi connectivity index (χ3n) is 2.18. The van der Waals surface area contributed by atoms with Crippen LogP contribution < -0.4 is 0 Å². The lowest BCUT2D eigenvalue weighted by Crippen LogP contribution is -1.95. The highest BCUT2D eigenvalue weighted by atomic mass is 127. The molecule has 2 nitrogen and oxygen atoms in total. The van der Waals surface area contributed by atoms with E-state index in [0.717, 1.165) is 26.0 Å². The van der Waals surface area contributed by atoms with E-state index in [1.54, 1.807) is 0 Å². The molecule has 2 aromatic rings. The van der Waals surface area contributed by atoms with E-state index in [4.69, 9.17) is 23.2 Å². The van der Waals surface area contributed by atoms with Crippen molar-refractivity contribution in [2.75, 3.05) is 0 Å². The van der Waals surface area contributed by atoms with Gasteiger partial charge in [0.25, 0.3) is 0 Å². The smallest absolute Gasteiger partial charge is 0.127 e. The summed E-state index contributed by atoms with van der Waals surface area (Å²) in [5.41, 5.74) is 1.63.